The van der Waals surface area contributed by atoms with Crippen molar-refractivity contribution in [1.82, 2.24) is 4.90 Å². The van der Waals surface area contributed by atoms with E-state index in [-0.39, 0.29) is 17.1 Å². The van der Waals surface area contributed by atoms with Crippen molar-refractivity contribution in [3.63, 3.8) is 0 Å². The zero-order valence-corrected chi connectivity index (χ0v) is 13.6. The quantitative estimate of drug-likeness (QED) is 0.794. The van der Waals surface area contributed by atoms with Crippen LogP contribution in [0, 0.1) is 20.8 Å². The van der Waals surface area contributed by atoms with E-state index in [2.05, 4.69) is 5.73 Å². The molecule has 0 aliphatic carbocycles. The molecule has 0 spiro atoms. The van der Waals surface area contributed by atoms with E-state index in [0.717, 1.165) is 5.75 Å². The summed E-state index contributed by atoms with van der Waals surface area (Å²) in [5.74, 6) is 1.06. The van der Waals surface area contributed by atoms with Gasteiger partial charge in [-0.25, -0.2) is 0 Å². The fourth-order valence-electron chi connectivity index (χ4n) is 1.75. The Balaban J connectivity index is 0.000000956. The van der Waals surface area contributed by atoms with Gasteiger partial charge >= 0.3 is 0 Å². The van der Waals surface area contributed by atoms with Crippen LogP contribution in [0.25, 0.3) is 0 Å². The van der Waals surface area contributed by atoms with E-state index >= 15 is 0 Å². The Morgan fingerprint density at radius 3 is 2.40 bits per heavy atom. The SMILES string of the molecule is CN.Cc1oc(C(=O)N2CCSC2=S)c(C)c(=O)c1C. The van der Waals surface area contributed by atoms with E-state index < -0.39 is 0 Å². The number of aryl methyl sites for hydroxylation is 1. The van der Waals surface area contributed by atoms with Gasteiger partial charge in [0.2, 0.25) is 0 Å². The van der Waals surface area contributed by atoms with Crippen molar-refractivity contribution >= 4 is 34.2 Å². The monoisotopic (exact) mass is 314 g/mol. The lowest BCUT2D eigenvalue weighted by molar-refractivity contribution is 0.0825. The van der Waals surface area contributed by atoms with Gasteiger partial charge in [0.25, 0.3) is 5.91 Å². The molecule has 1 aliphatic rings. The van der Waals surface area contributed by atoms with Gasteiger partial charge in [0.1, 0.15) is 10.1 Å². The molecular formula is C13H18N2O3S2. The summed E-state index contributed by atoms with van der Waals surface area (Å²) in [6.45, 7) is 5.55. The number of hydrogen-bond donors (Lipinski definition) is 1. The van der Waals surface area contributed by atoms with Crippen LogP contribution in [0.4, 0.5) is 0 Å². The second-order valence-electron chi connectivity index (χ2n) is 4.14. The van der Waals surface area contributed by atoms with E-state index in [1.807, 2.05) is 0 Å². The van der Waals surface area contributed by atoms with Crippen LogP contribution in [0.15, 0.2) is 9.21 Å². The van der Waals surface area contributed by atoms with Gasteiger partial charge in [-0.15, -0.1) is 0 Å². The Kier molecular flexibility index (Phi) is 5.91. The number of nitrogens with zero attached hydrogens (tertiary/aromatic N) is 1. The number of thiocarbonyl (C=S) groups is 1. The standard InChI is InChI=1S/C12H13NO3S2.CH5N/c1-6-8(3)16-10(7(2)9(6)14)11(15)13-4-5-18-12(13)17;1-2/h4-5H2,1-3H3;2H2,1H3. The van der Waals surface area contributed by atoms with Gasteiger partial charge in [-0.05, 0) is 27.8 Å². The first kappa shape index (κ1) is 16.9. The highest BCUT2D eigenvalue weighted by molar-refractivity contribution is 8.23. The second-order valence-corrected chi connectivity index (χ2v) is 5.87. The number of carbonyl (C=O) groups is 1. The molecule has 2 rings (SSSR count). The molecule has 0 saturated carbocycles. The summed E-state index contributed by atoms with van der Waals surface area (Å²) in [7, 11) is 1.50. The zero-order valence-electron chi connectivity index (χ0n) is 12.0. The molecule has 1 saturated heterocycles. The Hall–Kier alpha value is -1.18. The Bertz CT molecular complexity index is 596. The lowest BCUT2D eigenvalue weighted by atomic mass is 10.1. The smallest absolute Gasteiger partial charge is 0.295 e. The summed E-state index contributed by atoms with van der Waals surface area (Å²) in [6.07, 6.45) is 0. The number of carbonyl (C=O) groups excluding carboxylic acids is 1. The minimum Gasteiger partial charge on any atom is -0.455 e. The van der Waals surface area contributed by atoms with Crippen LogP contribution in [0.3, 0.4) is 0 Å². The van der Waals surface area contributed by atoms with E-state index in [4.69, 9.17) is 16.6 Å². The van der Waals surface area contributed by atoms with Gasteiger partial charge in [-0.3, -0.25) is 14.5 Å². The number of nitrogens with two attached hydrogens (primary N) is 1. The molecule has 1 aromatic heterocycles. The third-order valence-corrected chi connectivity index (χ3v) is 4.43. The molecule has 0 atom stereocenters. The molecule has 0 unspecified atom stereocenters. The summed E-state index contributed by atoms with van der Waals surface area (Å²) >= 11 is 6.56. The first-order chi connectivity index (χ1) is 9.43. The predicted molar refractivity (Wildman–Crippen MR) is 85.4 cm³/mol. The highest BCUT2D eigenvalue weighted by Gasteiger charge is 2.29. The predicted octanol–water partition coefficient (Wildman–Crippen LogP) is 1.61. The normalized spacial score (nSPS) is 14.1. The van der Waals surface area contributed by atoms with E-state index in [1.165, 1.54) is 23.7 Å². The van der Waals surface area contributed by atoms with Gasteiger partial charge in [-0.2, -0.15) is 0 Å². The maximum atomic E-state index is 12.3. The van der Waals surface area contributed by atoms with Crippen LogP contribution in [-0.4, -0.2) is 34.5 Å². The van der Waals surface area contributed by atoms with Crippen LogP contribution < -0.4 is 11.2 Å². The molecule has 1 aromatic rings. The van der Waals surface area contributed by atoms with Crippen molar-refractivity contribution in [1.29, 1.82) is 0 Å². The molecule has 1 fully saturated rings. The molecule has 5 nitrogen and oxygen atoms in total. The molecule has 2 N–H and O–H groups in total. The lowest BCUT2D eigenvalue weighted by Gasteiger charge is -2.15. The topological polar surface area (TPSA) is 76.5 Å². The fourth-order valence-corrected chi connectivity index (χ4v) is 2.96. The Morgan fingerprint density at radius 2 is 1.90 bits per heavy atom. The van der Waals surface area contributed by atoms with Crippen molar-refractivity contribution in [3.8, 4) is 0 Å². The van der Waals surface area contributed by atoms with Crippen LogP contribution in [0.2, 0.25) is 0 Å². The minimum absolute atomic E-state index is 0.105. The highest BCUT2D eigenvalue weighted by atomic mass is 32.2. The second kappa shape index (κ2) is 7.01. The largest absolute Gasteiger partial charge is 0.455 e. The Labute approximate surface area is 127 Å². The number of amides is 1. The molecule has 1 aliphatic heterocycles. The first-order valence-electron chi connectivity index (χ1n) is 6.10. The van der Waals surface area contributed by atoms with Crippen molar-refractivity contribution in [3.05, 3.63) is 32.9 Å². The van der Waals surface area contributed by atoms with Crippen molar-refractivity contribution in [2.24, 2.45) is 5.73 Å². The van der Waals surface area contributed by atoms with Crippen LogP contribution >= 0.6 is 24.0 Å². The summed E-state index contributed by atoms with van der Waals surface area (Å²) in [5, 5.41) is 0. The van der Waals surface area contributed by atoms with Crippen molar-refractivity contribution in [2.45, 2.75) is 20.8 Å². The van der Waals surface area contributed by atoms with E-state index in [9.17, 15) is 9.59 Å². The molecule has 20 heavy (non-hydrogen) atoms. The molecule has 2 heterocycles. The van der Waals surface area contributed by atoms with Gasteiger partial charge in [0, 0.05) is 23.4 Å². The number of hydrogen-bond acceptors (Lipinski definition) is 6. The van der Waals surface area contributed by atoms with Gasteiger partial charge < -0.3 is 10.2 Å². The molecule has 0 bridgehead atoms. The molecule has 110 valence electrons. The molecule has 0 aromatic carbocycles. The average molecular weight is 314 g/mol. The Morgan fingerprint density at radius 1 is 1.30 bits per heavy atom. The fraction of sp³-hybridized carbons (Fsp3) is 0.462. The summed E-state index contributed by atoms with van der Waals surface area (Å²) in [4.78, 5) is 25.7. The summed E-state index contributed by atoms with van der Waals surface area (Å²) < 4.78 is 6.02. The highest BCUT2D eigenvalue weighted by Crippen LogP contribution is 2.21. The maximum absolute atomic E-state index is 12.3. The molecule has 0 radical (unpaired) electrons. The lowest BCUT2D eigenvalue weighted by Crippen LogP contribution is -2.32. The molecule has 7 heteroatoms. The maximum Gasteiger partial charge on any atom is 0.295 e. The third kappa shape index (κ3) is 3.11. The minimum atomic E-state index is -0.317. The average Bonchev–Trinajstić information content (AvgIpc) is 2.88. The zero-order chi connectivity index (χ0) is 15.4. The molecule has 1 amide bonds. The van der Waals surface area contributed by atoms with Crippen LogP contribution in [-0.2, 0) is 0 Å². The van der Waals surface area contributed by atoms with Gasteiger partial charge in [-0.1, -0.05) is 24.0 Å². The van der Waals surface area contributed by atoms with Crippen molar-refractivity contribution < 1.29 is 9.21 Å². The summed E-state index contributed by atoms with van der Waals surface area (Å²) in [6, 6.07) is 0. The van der Waals surface area contributed by atoms with E-state index in [0.29, 0.717) is 27.8 Å². The molecular weight excluding hydrogens is 296 g/mol. The number of rotatable bonds is 1. The number of thioether (sulfide) groups is 1. The van der Waals surface area contributed by atoms with Crippen molar-refractivity contribution in [2.75, 3.05) is 19.3 Å². The van der Waals surface area contributed by atoms with E-state index in [1.54, 1.807) is 20.8 Å². The third-order valence-electron chi connectivity index (χ3n) is 3.01. The summed E-state index contributed by atoms with van der Waals surface area (Å²) in [5.41, 5.74) is 5.25. The first-order valence-corrected chi connectivity index (χ1v) is 7.50. The van der Waals surface area contributed by atoms with Crippen LogP contribution in [0.5, 0.6) is 0 Å². The van der Waals surface area contributed by atoms with Crippen LogP contribution in [0.1, 0.15) is 27.4 Å². The van der Waals surface area contributed by atoms with Gasteiger partial charge in [0.15, 0.2) is 11.2 Å². The van der Waals surface area contributed by atoms with Gasteiger partial charge in [0.05, 0.1) is 0 Å².